The molecule has 0 radical (unpaired) electrons. The fourth-order valence-corrected chi connectivity index (χ4v) is 2.93. The second-order valence-corrected chi connectivity index (χ2v) is 5.12. The lowest BCUT2D eigenvalue weighted by atomic mass is 9.87. The smallest absolute Gasteiger partial charge is 0.146 e. The third-order valence-electron chi connectivity index (χ3n) is 2.88. The van der Waals surface area contributed by atoms with Gasteiger partial charge in [0.05, 0.1) is 5.60 Å². The molecule has 0 aromatic heterocycles. The van der Waals surface area contributed by atoms with Gasteiger partial charge in [0.15, 0.2) is 0 Å². The van der Waals surface area contributed by atoms with Crippen LogP contribution in [0, 0.1) is 0 Å². The van der Waals surface area contributed by atoms with E-state index in [9.17, 15) is 0 Å². The van der Waals surface area contributed by atoms with Gasteiger partial charge >= 0.3 is 0 Å². The molecule has 0 aliphatic carbocycles. The summed E-state index contributed by atoms with van der Waals surface area (Å²) in [4.78, 5) is 0. The fourth-order valence-electron chi connectivity index (χ4n) is 2.08. The van der Waals surface area contributed by atoms with Crippen LogP contribution >= 0.6 is 11.6 Å². The second-order valence-electron chi connectivity index (χ2n) is 4.10. The average Bonchev–Trinajstić information content (AvgIpc) is 2.18. The van der Waals surface area contributed by atoms with Gasteiger partial charge in [-0.3, -0.25) is 0 Å². The Morgan fingerprint density at radius 2 is 1.71 bits per heavy atom. The molecule has 0 aliphatic heterocycles. The quantitative estimate of drug-likeness (QED) is 0.465. The van der Waals surface area contributed by atoms with Crippen LogP contribution in [-0.4, -0.2) is 21.5 Å². The molecule has 14 heavy (non-hydrogen) atoms. The van der Waals surface area contributed by atoms with Gasteiger partial charge in [-0.2, -0.15) is 0 Å². The first-order valence-electron chi connectivity index (χ1n) is 5.83. The number of rotatable bonds is 8. The molecule has 0 rings (SSSR count). The zero-order chi connectivity index (χ0) is 11.0. The molecule has 1 unspecified atom stereocenters. The number of alkyl halides is 1. The van der Waals surface area contributed by atoms with Crippen LogP contribution in [-0.2, 0) is 4.43 Å². The van der Waals surface area contributed by atoms with E-state index in [0.29, 0.717) is 0 Å². The van der Waals surface area contributed by atoms with Crippen LogP contribution in [0.2, 0.25) is 0 Å². The summed E-state index contributed by atoms with van der Waals surface area (Å²) < 4.78 is 5.85. The molecule has 0 aromatic rings. The van der Waals surface area contributed by atoms with Crippen molar-refractivity contribution in [2.45, 2.75) is 70.3 Å². The van der Waals surface area contributed by atoms with Crippen molar-refractivity contribution in [3.63, 3.8) is 0 Å². The summed E-state index contributed by atoms with van der Waals surface area (Å²) >= 11 is 6.24. The Labute approximate surface area is 97.1 Å². The first kappa shape index (κ1) is 14.5. The van der Waals surface area contributed by atoms with Gasteiger partial charge in [0.25, 0.3) is 0 Å². The molecule has 0 saturated heterocycles. The maximum atomic E-state index is 6.24. The Kier molecular flexibility index (Phi) is 7.98. The van der Waals surface area contributed by atoms with Crippen LogP contribution in [0.5, 0.6) is 0 Å². The van der Waals surface area contributed by atoms with Gasteiger partial charge in [-0.1, -0.05) is 33.6 Å². The molecule has 0 aromatic carbocycles. The van der Waals surface area contributed by atoms with Gasteiger partial charge in [-0.25, -0.2) is 0 Å². The van der Waals surface area contributed by atoms with Crippen LogP contribution in [0.25, 0.3) is 0 Å². The van der Waals surface area contributed by atoms with E-state index in [-0.39, 0.29) is 11.0 Å². The first-order chi connectivity index (χ1) is 6.64. The van der Waals surface area contributed by atoms with E-state index < -0.39 is 0 Å². The summed E-state index contributed by atoms with van der Waals surface area (Å²) in [5, 5.41) is 0.280. The Morgan fingerprint density at radius 1 is 1.21 bits per heavy atom. The summed E-state index contributed by atoms with van der Waals surface area (Å²) in [5.74, 6) is 0. The predicted molar refractivity (Wildman–Crippen MR) is 68.1 cm³/mol. The highest BCUT2D eigenvalue weighted by atomic mass is 35.5. The number of halogens is 1. The van der Waals surface area contributed by atoms with Crippen molar-refractivity contribution in [2.75, 3.05) is 0 Å². The van der Waals surface area contributed by atoms with E-state index in [1.54, 1.807) is 0 Å². The highest BCUT2D eigenvalue weighted by Crippen LogP contribution is 2.31. The Morgan fingerprint density at radius 3 is 2.00 bits per heavy atom. The normalized spacial score (nSPS) is 14.6. The minimum absolute atomic E-state index is 0.0954. The lowest BCUT2D eigenvalue weighted by Gasteiger charge is -2.34. The molecule has 0 fully saturated rings. The number of hydrogen-bond donors (Lipinski definition) is 0. The van der Waals surface area contributed by atoms with Crippen molar-refractivity contribution < 1.29 is 4.43 Å². The molecule has 0 amide bonds. The van der Waals surface area contributed by atoms with Crippen molar-refractivity contribution in [2.24, 2.45) is 0 Å². The highest BCUT2D eigenvalue weighted by Gasteiger charge is 2.29. The SMILES string of the molecule is CCCC(CCC)(CC(Cl)CC)O[SiH3]. The topological polar surface area (TPSA) is 9.23 Å². The minimum atomic E-state index is 0.0954. The monoisotopic (exact) mass is 236 g/mol. The maximum absolute atomic E-state index is 6.24. The van der Waals surface area contributed by atoms with Crippen molar-refractivity contribution in [1.29, 1.82) is 0 Å². The third kappa shape index (κ3) is 4.81. The molecule has 1 nitrogen and oxygen atoms in total. The fraction of sp³-hybridized carbons (Fsp3) is 1.00. The molecule has 0 bridgehead atoms. The largest absolute Gasteiger partial charge is 0.422 e. The van der Waals surface area contributed by atoms with Crippen molar-refractivity contribution in [3.05, 3.63) is 0 Å². The van der Waals surface area contributed by atoms with Crippen molar-refractivity contribution >= 4 is 22.1 Å². The highest BCUT2D eigenvalue weighted by molar-refractivity contribution is 6.20. The summed E-state index contributed by atoms with van der Waals surface area (Å²) in [6, 6.07) is 0. The molecular formula is C11H25ClOSi. The molecule has 0 aliphatic rings. The van der Waals surface area contributed by atoms with Crippen molar-refractivity contribution in [1.82, 2.24) is 0 Å². The Balaban J connectivity index is 4.31. The van der Waals surface area contributed by atoms with Gasteiger partial charge < -0.3 is 4.43 Å². The zero-order valence-electron chi connectivity index (χ0n) is 10.1. The van der Waals surface area contributed by atoms with Gasteiger partial charge in [-0.15, -0.1) is 11.6 Å². The van der Waals surface area contributed by atoms with Crippen LogP contribution in [0.3, 0.4) is 0 Å². The molecule has 86 valence electrons. The van der Waals surface area contributed by atoms with Crippen molar-refractivity contribution in [3.8, 4) is 0 Å². The van der Waals surface area contributed by atoms with Gasteiger partial charge in [0.2, 0.25) is 0 Å². The van der Waals surface area contributed by atoms with Crippen LogP contribution in [0.4, 0.5) is 0 Å². The molecule has 0 saturated carbocycles. The van der Waals surface area contributed by atoms with E-state index in [1.165, 1.54) is 12.8 Å². The molecule has 0 heterocycles. The molecule has 1 atom stereocenters. The van der Waals surface area contributed by atoms with E-state index in [1.807, 2.05) is 0 Å². The Hall–Kier alpha value is 0.467. The molecule has 0 spiro atoms. The molecule has 0 N–H and O–H groups in total. The lowest BCUT2D eigenvalue weighted by molar-refractivity contribution is 0.0480. The van der Waals surface area contributed by atoms with E-state index in [0.717, 1.165) is 36.2 Å². The Bertz CT molecular complexity index is 135. The first-order valence-corrected chi connectivity index (χ1v) is 7.08. The summed E-state index contributed by atoms with van der Waals surface area (Å²) in [6.45, 7) is 6.59. The number of hydrogen-bond acceptors (Lipinski definition) is 1. The molecular weight excluding hydrogens is 212 g/mol. The maximum Gasteiger partial charge on any atom is 0.146 e. The predicted octanol–water partition coefficient (Wildman–Crippen LogP) is 3.03. The second kappa shape index (κ2) is 7.72. The van der Waals surface area contributed by atoms with E-state index in [4.69, 9.17) is 16.0 Å². The summed E-state index contributed by atoms with van der Waals surface area (Å²) in [7, 11) is 0.824. The van der Waals surface area contributed by atoms with E-state index >= 15 is 0 Å². The standard InChI is InChI=1S/C11H25ClOSi/c1-4-7-11(13-14,8-5-2)9-10(12)6-3/h10H,4-9H2,1-3,14H3. The summed E-state index contributed by atoms with van der Waals surface area (Å²) in [6.07, 6.45) is 6.77. The van der Waals surface area contributed by atoms with Gasteiger partial charge in [-0.05, 0) is 25.7 Å². The minimum Gasteiger partial charge on any atom is -0.422 e. The van der Waals surface area contributed by atoms with Crippen LogP contribution in [0.15, 0.2) is 0 Å². The van der Waals surface area contributed by atoms with Crippen LogP contribution < -0.4 is 0 Å². The molecule has 3 heteroatoms. The lowest BCUT2D eigenvalue weighted by Crippen LogP contribution is -2.34. The van der Waals surface area contributed by atoms with Gasteiger partial charge in [0, 0.05) is 5.38 Å². The van der Waals surface area contributed by atoms with E-state index in [2.05, 4.69) is 20.8 Å². The van der Waals surface area contributed by atoms with Crippen LogP contribution in [0.1, 0.15) is 59.3 Å². The zero-order valence-corrected chi connectivity index (χ0v) is 12.9. The average molecular weight is 237 g/mol. The summed E-state index contributed by atoms with van der Waals surface area (Å²) in [5.41, 5.74) is 0.0954. The third-order valence-corrected chi connectivity index (χ3v) is 4.21. The van der Waals surface area contributed by atoms with Gasteiger partial charge in [0.1, 0.15) is 10.5 Å².